The molecule has 0 radical (unpaired) electrons. The summed E-state index contributed by atoms with van der Waals surface area (Å²) in [5, 5.41) is 6.77. The Bertz CT molecular complexity index is 629. The second kappa shape index (κ2) is 11.1. The molecule has 28 heavy (non-hydrogen) atoms. The number of fused-ring (bicyclic) bond motifs is 1. The van der Waals surface area contributed by atoms with Gasteiger partial charge in [0.05, 0.1) is 0 Å². The number of nitrogens with zero attached hydrogens (tertiary/aromatic N) is 3. The van der Waals surface area contributed by atoms with Gasteiger partial charge < -0.3 is 29.9 Å². The summed E-state index contributed by atoms with van der Waals surface area (Å²) >= 11 is 0. The monoisotopic (exact) mass is 389 g/mol. The van der Waals surface area contributed by atoms with E-state index in [1.807, 2.05) is 6.07 Å². The number of guanidine groups is 1. The first-order valence-electron chi connectivity index (χ1n) is 10.6. The molecule has 1 aromatic rings. The van der Waals surface area contributed by atoms with Crippen LogP contribution in [0, 0.1) is 0 Å². The highest BCUT2D eigenvalue weighted by Gasteiger charge is 2.13. The molecule has 2 aliphatic heterocycles. The number of nitrogens with one attached hydrogen (secondary N) is 2. The number of unbranched alkanes of at least 4 members (excludes halogenated alkanes) is 1. The molecular weight excluding hydrogens is 354 g/mol. The molecule has 2 aliphatic rings. The van der Waals surface area contributed by atoms with E-state index in [1.165, 1.54) is 44.7 Å². The fourth-order valence-corrected chi connectivity index (χ4v) is 3.47. The molecule has 3 rings (SSSR count). The van der Waals surface area contributed by atoms with Gasteiger partial charge in [0.2, 0.25) is 6.79 Å². The van der Waals surface area contributed by atoms with Crippen molar-refractivity contribution in [2.45, 2.75) is 26.2 Å². The fourth-order valence-electron chi connectivity index (χ4n) is 3.47. The molecule has 0 aromatic heterocycles. The Labute approximate surface area is 169 Å². The van der Waals surface area contributed by atoms with Crippen molar-refractivity contribution < 1.29 is 9.47 Å². The molecule has 0 atom stereocenters. The standard InChI is InChI=1S/C21H35N5O2/c1-3-22-21(23-9-4-5-11-26-14-12-25(2)13-15-26)24-10-8-18-6-7-19-20(16-18)28-17-27-19/h6-7,16H,3-5,8-15,17H2,1-2H3,(H2,22,23,24). The summed E-state index contributed by atoms with van der Waals surface area (Å²) in [7, 11) is 2.20. The molecule has 1 fully saturated rings. The smallest absolute Gasteiger partial charge is 0.231 e. The number of piperazine rings is 1. The van der Waals surface area contributed by atoms with Gasteiger partial charge in [0, 0.05) is 45.8 Å². The Kier molecular flexibility index (Phi) is 8.23. The highest BCUT2D eigenvalue weighted by Crippen LogP contribution is 2.32. The third kappa shape index (κ3) is 6.56. The normalized spacial score (nSPS) is 17.7. The van der Waals surface area contributed by atoms with E-state index in [-0.39, 0.29) is 0 Å². The van der Waals surface area contributed by atoms with Crippen LogP contribution in [0.2, 0.25) is 0 Å². The summed E-state index contributed by atoms with van der Waals surface area (Å²) in [5.41, 5.74) is 1.24. The summed E-state index contributed by atoms with van der Waals surface area (Å²) in [5.74, 6) is 2.59. The van der Waals surface area contributed by atoms with E-state index in [1.54, 1.807) is 0 Å². The van der Waals surface area contributed by atoms with E-state index >= 15 is 0 Å². The fraction of sp³-hybridized carbons (Fsp3) is 0.667. The molecule has 7 nitrogen and oxygen atoms in total. The summed E-state index contributed by atoms with van der Waals surface area (Å²) in [6, 6.07) is 6.14. The second-order valence-electron chi connectivity index (χ2n) is 7.48. The van der Waals surface area contributed by atoms with E-state index in [0.29, 0.717) is 6.79 Å². The first-order valence-corrected chi connectivity index (χ1v) is 10.6. The first-order chi connectivity index (χ1) is 13.7. The largest absolute Gasteiger partial charge is 0.454 e. The van der Waals surface area contributed by atoms with Crippen molar-refractivity contribution in [1.82, 2.24) is 20.4 Å². The zero-order valence-corrected chi connectivity index (χ0v) is 17.4. The minimum absolute atomic E-state index is 0.322. The van der Waals surface area contributed by atoms with Crippen molar-refractivity contribution in [1.29, 1.82) is 0 Å². The van der Waals surface area contributed by atoms with Gasteiger partial charge >= 0.3 is 0 Å². The van der Waals surface area contributed by atoms with Gasteiger partial charge in [-0.05, 0) is 57.5 Å². The van der Waals surface area contributed by atoms with Crippen LogP contribution < -0.4 is 20.1 Å². The lowest BCUT2D eigenvalue weighted by molar-refractivity contribution is 0.152. The van der Waals surface area contributed by atoms with Gasteiger partial charge in [0.25, 0.3) is 0 Å². The van der Waals surface area contributed by atoms with Gasteiger partial charge in [-0.1, -0.05) is 6.07 Å². The van der Waals surface area contributed by atoms with Crippen LogP contribution in [0.4, 0.5) is 0 Å². The van der Waals surface area contributed by atoms with Crippen LogP contribution in [0.3, 0.4) is 0 Å². The van der Waals surface area contributed by atoms with Gasteiger partial charge in [-0.25, -0.2) is 0 Å². The van der Waals surface area contributed by atoms with Crippen molar-refractivity contribution in [2.75, 3.05) is 66.2 Å². The third-order valence-corrected chi connectivity index (χ3v) is 5.24. The van der Waals surface area contributed by atoms with Gasteiger partial charge in [0.1, 0.15) is 0 Å². The predicted octanol–water partition coefficient (Wildman–Crippen LogP) is 1.54. The molecule has 0 spiro atoms. The molecule has 0 aliphatic carbocycles. The van der Waals surface area contributed by atoms with Gasteiger partial charge in [0.15, 0.2) is 17.5 Å². The number of likely N-dealkylation sites (N-methyl/N-ethyl adjacent to an activating group) is 1. The van der Waals surface area contributed by atoms with E-state index in [4.69, 9.17) is 14.5 Å². The van der Waals surface area contributed by atoms with Crippen LogP contribution in [-0.2, 0) is 6.42 Å². The van der Waals surface area contributed by atoms with E-state index < -0.39 is 0 Å². The minimum Gasteiger partial charge on any atom is -0.454 e. The first kappa shape index (κ1) is 20.7. The molecule has 2 heterocycles. The summed E-state index contributed by atoms with van der Waals surface area (Å²) in [6.07, 6.45) is 3.26. The zero-order valence-electron chi connectivity index (χ0n) is 17.4. The summed E-state index contributed by atoms with van der Waals surface area (Å²) in [4.78, 5) is 9.69. The Morgan fingerprint density at radius 1 is 1.07 bits per heavy atom. The zero-order chi connectivity index (χ0) is 19.6. The predicted molar refractivity (Wildman–Crippen MR) is 113 cm³/mol. The quantitative estimate of drug-likeness (QED) is 0.380. The Balaban J connectivity index is 1.33. The van der Waals surface area contributed by atoms with Crippen LogP contribution in [-0.4, -0.2) is 82.0 Å². The Morgan fingerprint density at radius 3 is 2.71 bits per heavy atom. The van der Waals surface area contributed by atoms with Crippen molar-refractivity contribution in [3.05, 3.63) is 23.8 Å². The number of ether oxygens (including phenoxy) is 2. The van der Waals surface area contributed by atoms with Crippen molar-refractivity contribution in [3.63, 3.8) is 0 Å². The van der Waals surface area contributed by atoms with Crippen LogP contribution in [0.15, 0.2) is 23.2 Å². The van der Waals surface area contributed by atoms with Gasteiger partial charge in [-0.15, -0.1) is 0 Å². The van der Waals surface area contributed by atoms with Crippen LogP contribution in [0.1, 0.15) is 25.3 Å². The average Bonchev–Trinajstić information content (AvgIpc) is 3.17. The SMILES string of the molecule is CCNC(=NCCCCN1CCN(C)CC1)NCCc1ccc2c(c1)OCO2. The summed E-state index contributed by atoms with van der Waals surface area (Å²) in [6.45, 7) is 11.0. The molecule has 1 aromatic carbocycles. The van der Waals surface area contributed by atoms with Crippen LogP contribution >= 0.6 is 0 Å². The van der Waals surface area contributed by atoms with Crippen LogP contribution in [0.25, 0.3) is 0 Å². The highest BCUT2D eigenvalue weighted by molar-refractivity contribution is 5.79. The van der Waals surface area contributed by atoms with Gasteiger partial charge in [-0.2, -0.15) is 0 Å². The number of rotatable bonds is 9. The molecular formula is C21H35N5O2. The lowest BCUT2D eigenvalue weighted by Gasteiger charge is -2.32. The Morgan fingerprint density at radius 2 is 1.89 bits per heavy atom. The highest BCUT2D eigenvalue weighted by atomic mass is 16.7. The lowest BCUT2D eigenvalue weighted by atomic mass is 10.1. The minimum atomic E-state index is 0.322. The van der Waals surface area contributed by atoms with Crippen molar-refractivity contribution >= 4 is 5.96 Å². The average molecular weight is 390 g/mol. The van der Waals surface area contributed by atoms with Crippen molar-refractivity contribution in [2.24, 2.45) is 4.99 Å². The molecule has 0 saturated carbocycles. The topological polar surface area (TPSA) is 61.4 Å². The van der Waals surface area contributed by atoms with E-state index in [9.17, 15) is 0 Å². The molecule has 156 valence electrons. The summed E-state index contributed by atoms with van der Waals surface area (Å²) < 4.78 is 10.8. The third-order valence-electron chi connectivity index (χ3n) is 5.24. The number of benzene rings is 1. The Hall–Kier alpha value is -1.99. The maximum absolute atomic E-state index is 5.45. The molecule has 0 unspecified atom stereocenters. The molecule has 0 amide bonds. The van der Waals surface area contributed by atoms with Crippen molar-refractivity contribution in [3.8, 4) is 11.5 Å². The number of aliphatic imine (C=N–C) groups is 1. The lowest BCUT2D eigenvalue weighted by Crippen LogP contribution is -2.44. The molecule has 2 N–H and O–H groups in total. The molecule has 1 saturated heterocycles. The van der Waals surface area contributed by atoms with Gasteiger partial charge in [-0.3, -0.25) is 4.99 Å². The molecule has 7 heteroatoms. The number of hydrogen-bond acceptors (Lipinski definition) is 5. The van der Waals surface area contributed by atoms with E-state index in [0.717, 1.165) is 49.9 Å². The molecule has 0 bridgehead atoms. The number of hydrogen-bond donors (Lipinski definition) is 2. The van der Waals surface area contributed by atoms with Crippen LogP contribution in [0.5, 0.6) is 11.5 Å². The second-order valence-corrected chi connectivity index (χ2v) is 7.48. The van der Waals surface area contributed by atoms with E-state index in [2.05, 4.69) is 46.5 Å². The maximum atomic E-state index is 5.45. The maximum Gasteiger partial charge on any atom is 0.231 e.